The first-order valence-corrected chi connectivity index (χ1v) is 7.13. The first-order chi connectivity index (χ1) is 10.1. The van der Waals surface area contributed by atoms with E-state index in [-0.39, 0.29) is 11.7 Å². The van der Waals surface area contributed by atoms with Crippen molar-refractivity contribution in [2.75, 3.05) is 17.2 Å². The van der Waals surface area contributed by atoms with Gasteiger partial charge >= 0.3 is 0 Å². The second kappa shape index (κ2) is 5.30. The molecule has 2 aromatic rings. The fourth-order valence-corrected chi connectivity index (χ4v) is 2.88. The van der Waals surface area contributed by atoms with Crippen molar-refractivity contribution in [1.29, 1.82) is 0 Å². The summed E-state index contributed by atoms with van der Waals surface area (Å²) in [5, 5.41) is 9.90. The number of rotatable bonds is 1. The Morgan fingerprint density at radius 3 is 2.90 bits per heavy atom. The molecule has 0 atom stereocenters. The molecule has 5 heteroatoms. The van der Waals surface area contributed by atoms with Gasteiger partial charge in [-0.1, -0.05) is 17.7 Å². The van der Waals surface area contributed by atoms with E-state index >= 15 is 0 Å². The van der Waals surface area contributed by atoms with Crippen molar-refractivity contribution >= 4 is 28.9 Å². The third-order valence-electron chi connectivity index (χ3n) is 3.71. The minimum Gasteiger partial charge on any atom is -0.508 e. The Balaban J connectivity index is 2.04. The largest absolute Gasteiger partial charge is 0.508 e. The molecule has 1 aliphatic rings. The average Bonchev–Trinajstić information content (AvgIpc) is 2.49. The Kier molecular flexibility index (Phi) is 3.47. The van der Waals surface area contributed by atoms with Crippen molar-refractivity contribution in [2.45, 2.75) is 12.8 Å². The van der Waals surface area contributed by atoms with E-state index in [1.807, 2.05) is 18.2 Å². The van der Waals surface area contributed by atoms with Crippen molar-refractivity contribution in [3.05, 3.63) is 52.5 Å². The van der Waals surface area contributed by atoms with Gasteiger partial charge in [0, 0.05) is 17.9 Å². The van der Waals surface area contributed by atoms with E-state index < -0.39 is 0 Å². The molecule has 0 radical (unpaired) electrons. The fraction of sp³-hybridized carbons (Fsp3) is 0.188. The lowest BCUT2D eigenvalue weighted by molar-refractivity contribution is 0.0985. The van der Waals surface area contributed by atoms with Gasteiger partial charge in [0.05, 0.1) is 10.6 Å². The predicted molar refractivity (Wildman–Crippen MR) is 84.0 cm³/mol. The highest BCUT2D eigenvalue weighted by atomic mass is 35.5. The number of nitrogens with zero attached hydrogens (tertiary/aromatic N) is 1. The van der Waals surface area contributed by atoms with Crippen molar-refractivity contribution in [3.63, 3.8) is 0 Å². The van der Waals surface area contributed by atoms with Gasteiger partial charge in [-0.05, 0) is 48.7 Å². The van der Waals surface area contributed by atoms with Gasteiger partial charge in [-0.3, -0.25) is 4.79 Å². The standard InChI is InChI=1S/C16H15ClN2O2/c17-13-7-6-10(20)9-12(13)16(21)19-8-2-3-11-14(18)4-1-5-15(11)19/h1,4-7,9,20H,2-3,8,18H2. The van der Waals surface area contributed by atoms with Gasteiger partial charge in [-0.15, -0.1) is 0 Å². The lowest BCUT2D eigenvalue weighted by Crippen LogP contribution is -2.35. The van der Waals surface area contributed by atoms with E-state index in [1.165, 1.54) is 18.2 Å². The summed E-state index contributed by atoms with van der Waals surface area (Å²) in [6.07, 6.45) is 1.71. The second-order valence-corrected chi connectivity index (χ2v) is 5.48. The number of carbonyl (C=O) groups excluding carboxylic acids is 1. The van der Waals surface area contributed by atoms with E-state index in [0.29, 0.717) is 22.8 Å². The van der Waals surface area contributed by atoms with E-state index in [9.17, 15) is 9.90 Å². The van der Waals surface area contributed by atoms with Crippen LogP contribution in [0, 0.1) is 0 Å². The lowest BCUT2D eigenvalue weighted by Gasteiger charge is -2.30. The van der Waals surface area contributed by atoms with Crippen LogP contribution < -0.4 is 10.6 Å². The normalized spacial score (nSPS) is 13.9. The number of fused-ring (bicyclic) bond motifs is 1. The second-order valence-electron chi connectivity index (χ2n) is 5.07. The number of benzene rings is 2. The Labute approximate surface area is 127 Å². The molecule has 0 spiro atoms. The molecular formula is C16H15ClN2O2. The zero-order chi connectivity index (χ0) is 15.0. The van der Waals surface area contributed by atoms with Gasteiger partial charge < -0.3 is 15.7 Å². The molecule has 21 heavy (non-hydrogen) atoms. The van der Waals surface area contributed by atoms with Gasteiger partial charge in [-0.25, -0.2) is 0 Å². The number of hydrogen-bond acceptors (Lipinski definition) is 3. The summed E-state index contributed by atoms with van der Waals surface area (Å²) in [7, 11) is 0. The molecule has 0 fully saturated rings. The summed E-state index contributed by atoms with van der Waals surface area (Å²) < 4.78 is 0. The molecule has 0 bridgehead atoms. The molecule has 3 N–H and O–H groups in total. The van der Waals surface area contributed by atoms with Crippen LogP contribution in [0.2, 0.25) is 5.02 Å². The van der Waals surface area contributed by atoms with Crippen LogP contribution >= 0.6 is 11.6 Å². The third kappa shape index (κ3) is 2.43. The molecule has 4 nitrogen and oxygen atoms in total. The molecule has 0 aliphatic carbocycles. The van der Waals surface area contributed by atoms with Crippen LogP contribution in [0.3, 0.4) is 0 Å². The average molecular weight is 303 g/mol. The highest BCUT2D eigenvalue weighted by Crippen LogP contribution is 2.33. The minimum atomic E-state index is -0.220. The first kappa shape index (κ1) is 13.8. The maximum Gasteiger partial charge on any atom is 0.259 e. The van der Waals surface area contributed by atoms with Crippen LogP contribution in [-0.4, -0.2) is 17.6 Å². The first-order valence-electron chi connectivity index (χ1n) is 6.75. The number of nitrogens with two attached hydrogens (primary N) is 1. The van der Waals surface area contributed by atoms with Gasteiger partial charge in [0.15, 0.2) is 0 Å². The van der Waals surface area contributed by atoms with E-state index in [2.05, 4.69) is 0 Å². The summed E-state index contributed by atoms with van der Waals surface area (Å²) in [4.78, 5) is 14.4. The topological polar surface area (TPSA) is 66.6 Å². The summed E-state index contributed by atoms with van der Waals surface area (Å²) in [6, 6.07) is 9.94. The minimum absolute atomic E-state index is 0.0209. The Hall–Kier alpha value is -2.20. The monoisotopic (exact) mass is 302 g/mol. The SMILES string of the molecule is Nc1cccc2c1CCCN2C(=O)c1cc(O)ccc1Cl. The van der Waals surface area contributed by atoms with Crippen LogP contribution in [0.25, 0.3) is 0 Å². The molecule has 0 unspecified atom stereocenters. The zero-order valence-electron chi connectivity index (χ0n) is 11.3. The van der Waals surface area contributed by atoms with Crippen LogP contribution in [-0.2, 0) is 6.42 Å². The summed E-state index contributed by atoms with van der Waals surface area (Å²) >= 11 is 6.09. The number of carbonyl (C=O) groups is 1. The van der Waals surface area contributed by atoms with Gasteiger partial charge in [0.25, 0.3) is 5.91 Å². The maximum atomic E-state index is 12.7. The predicted octanol–water partition coefficient (Wildman–Crippen LogP) is 3.22. The molecule has 1 amide bonds. The number of nitrogen functional groups attached to an aromatic ring is 1. The Morgan fingerprint density at radius 2 is 2.10 bits per heavy atom. The highest BCUT2D eigenvalue weighted by molar-refractivity contribution is 6.34. The smallest absolute Gasteiger partial charge is 0.259 e. The molecule has 108 valence electrons. The summed E-state index contributed by atoms with van der Waals surface area (Å²) in [5.41, 5.74) is 8.81. The van der Waals surface area contributed by atoms with Crippen molar-refractivity contribution in [3.8, 4) is 5.75 Å². The fourth-order valence-electron chi connectivity index (χ4n) is 2.69. The number of aromatic hydroxyl groups is 1. The van der Waals surface area contributed by atoms with Gasteiger partial charge in [-0.2, -0.15) is 0 Å². The third-order valence-corrected chi connectivity index (χ3v) is 4.04. The van der Waals surface area contributed by atoms with Crippen LogP contribution in [0.5, 0.6) is 5.75 Å². The number of phenols is 1. The summed E-state index contributed by atoms with van der Waals surface area (Å²) in [5.74, 6) is -0.199. The molecule has 1 heterocycles. The van der Waals surface area contributed by atoms with Crippen LogP contribution in [0.4, 0.5) is 11.4 Å². The van der Waals surface area contributed by atoms with Crippen molar-refractivity contribution < 1.29 is 9.90 Å². The summed E-state index contributed by atoms with van der Waals surface area (Å²) in [6.45, 7) is 0.612. The number of anilines is 2. The number of hydrogen-bond donors (Lipinski definition) is 2. The molecular weight excluding hydrogens is 288 g/mol. The molecule has 2 aromatic carbocycles. The van der Waals surface area contributed by atoms with E-state index in [1.54, 1.807) is 4.90 Å². The van der Waals surface area contributed by atoms with Crippen LogP contribution in [0.15, 0.2) is 36.4 Å². The Morgan fingerprint density at radius 1 is 1.29 bits per heavy atom. The maximum absolute atomic E-state index is 12.7. The number of phenolic OH excluding ortho intramolecular Hbond substituents is 1. The molecule has 0 saturated heterocycles. The van der Waals surface area contributed by atoms with E-state index in [0.717, 1.165) is 24.1 Å². The number of halogens is 1. The lowest BCUT2D eigenvalue weighted by atomic mass is 9.99. The molecule has 0 saturated carbocycles. The molecule has 1 aliphatic heterocycles. The van der Waals surface area contributed by atoms with Crippen molar-refractivity contribution in [2.24, 2.45) is 0 Å². The highest BCUT2D eigenvalue weighted by Gasteiger charge is 2.26. The van der Waals surface area contributed by atoms with Crippen molar-refractivity contribution in [1.82, 2.24) is 0 Å². The quantitative estimate of drug-likeness (QED) is 0.795. The molecule has 0 aromatic heterocycles. The zero-order valence-corrected chi connectivity index (χ0v) is 12.1. The van der Waals surface area contributed by atoms with Gasteiger partial charge in [0.1, 0.15) is 5.75 Å². The number of amides is 1. The Bertz CT molecular complexity index is 715. The van der Waals surface area contributed by atoms with Gasteiger partial charge in [0.2, 0.25) is 0 Å². The van der Waals surface area contributed by atoms with E-state index in [4.69, 9.17) is 17.3 Å². The van der Waals surface area contributed by atoms with Crippen LogP contribution in [0.1, 0.15) is 22.3 Å². The molecule has 3 rings (SSSR count).